The number of nitrogens with zero attached hydrogens (tertiary/aromatic N) is 2. The summed E-state index contributed by atoms with van der Waals surface area (Å²) in [4.78, 5) is 11.5. The average Bonchev–Trinajstić information content (AvgIpc) is 2.82. The Labute approximate surface area is 86.8 Å². The van der Waals surface area contributed by atoms with Gasteiger partial charge in [-0.1, -0.05) is 18.2 Å². The fraction of sp³-hybridized carbons (Fsp3) is 0. The Morgan fingerprint density at radius 3 is 2.93 bits per heavy atom. The first kappa shape index (κ1) is 8.17. The minimum atomic E-state index is 0.805. The predicted molar refractivity (Wildman–Crippen MR) is 58.2 cm³/mol. The van der Waals surface area contributed by atoms with Crippen molar-refractivity contribution in [1.82, 2.24) is 15.0 Å². The lowest BCUT2D eigenvalue weighted by Gasteiger charge is -2.01. The van der Waals surface area contributed by atoms with Gasteiger partial charge in [-0.05, 0) is 12.1 Å². The van der Waals surface area contributed by atoms with Crippen LogP contribution in [0.5, 0.6) is 0 Å². The fourth-order valence-corrected chi connectivity index (χ4v) is 1.66. The molecule has 3 heteroatoms. The molecular formula is C12H8N3. The Bertz CT molecular complexity index is 579. The summed E-state index contributed by atoms with van der Waals surface area (Å²) in [6.07, 6.45) is 6.24. The molecule has 0 bridgehead atoms. The molecule has 71 valence electrons. The van der Waals surface area contributed by atoms with Crippen molar-refractivity contribution in [3.8, 4) is 11.4 Å². The predicted octanol–water partition coefficient (Wildman–Crippen LogP) is 2.43. The fourth-order valence-electron chi connectivity index (χ4n) is 1.66. The molecule has 0 aliphatic heterocycles. The van der Waals surface area contributed by atoms with Gasteiger partial charge in [0, 0.05) is 23.3 Å². The van der Waals surface area contributed by atoms with Crippen LogP contribution < -0.4 is 0 Å². The van der Waals surface area contributed by atoms with Crippen LogP contribution in [0, 0.1) is 6.20 Å². The van der Waals surface area contributed by atoms with E-state index in [2.05, 4.69) is 21.1 Å². The number of hydrogen-bond donors (Lipinski definition) is 1. The van der Waals surface area contributed by atoms with E-state index in [0.717, 1.165) is 22.3 Å². The number of aromatic amines is 1. The summed E-state index contributed by atoms with van der Waals surface area (Å²) in [5.41, 5.74) is 1.97. The van der Waals surface area contributed by atoms with Gasteiger partial charge in [-0.25, -0.2) is 4.98 Å². The molecule has 1 aromatic carbocycles. The summed E-state index contributed by atoms with van der Waals surface area (Å²) < 4.78 is 0. The van der Waals surface area contributed by atoms with E-state index in [4.69, 9.17) is 0 Å². The number of fused-ring (bicyclic) bond motifs is 1. The Kier molecular flexibility index (Phi) is 1.75. The van der Waals surface area contributed by atoms with Crippen LogP contribution in [0.3, 0.4) is 0 Å². The van der Waals surface area contributed by atoms with Gasteiger partial charge in [0.2, 0.25) is 0 Å². The molecule has 1 radical (unpaired) electrons. The third-order valence-corrected chi connectivity index (χ3v) is 2.34. The highest BCUT2D eigenvalue weighted by atomic mass is 14.9. The molecule has 0 saturated heterocycles. The van der Waals surface area contributed by atoms with Gasteiger partial charge in [-0.2, -0.15) is 0 Å². The van der Waals surface area contributed by atoms with Crippen molar-refractivity contribution in [2.24, 2.45) is 0 Å². The van der Waals surface area contributed by atoms with Crippen LogP contribution in [-0.4, -0.2) is 15.0 Å². The van der Waals surface area contributed by atoms with E-state index in [1.165, 1.54) is 0 Å². The molecule has 0 saturated carbocycles. The molecule has 0 unspecified atom stereocenters. The van der Waals surface area contributed by atoms with Crippen molar-refractivity contribution >= 4 is 10.9 Å². The number of aromatic nitrogens is 3. The van der Waals surface area contributed by atoms with Gasteiger partial charge in [-0.3, -0.25) is 4.98 Å². The zero-order chi connectivity index (χ0) is 10.1. The summed E-state index contributed by atoms with van der Waals surface area (Å²) in [6.45, 7) is 0. The van der Waals surface area contributed by atoms with Gasteiger partial charge in [0.15, 0.2) is 0 Å². The van der Waals surface area contributed by atoms with Crippen molar-refractivity contribution < 1.29 is 0 Å². The summed E-state index contributed by atoms with van der Waals surface area (Å²) in [7, 11) is 0. The highest BCUT2D eigenvalue weighted by molar-refractivity contribution is 5.91. The highest BCUT2D eigenvalue weighted by Gasteiger charge is 2.05. The third-order valence-electron chi connectivity index (χ3n) is 2.34. The maximum absolute atomic E-state index is 4.36. The largest absolute Gasteiger partial charge is 0.344 e. The number of H-pyrrole nitrogens is 1. The molecule has 0 atom stereocenters. The molecule has 2 aromatic heterocycles. The Morgan fingerprint density at radius 1 is 1.13 bits per heavy atom. The van der Waals surface area contributed by atoms with Gasteiger partial charge in [-0.15, -0.1) is 0 Å². The van der Waals surface area contributed by atoms with Crippen LogP contribution in [-0.2, 0) is 0 Å². The second kappa shape index (κ2) is 3.20. The van der Waals surface area contributed by atoms with Gasteiger partial charge < -0.3 is 4.98 Å². The van der Waals surface area contributed by atoms with E-state index in [-0.39, 0.29) is 0 Å². The lowest BCUT2D eigenvalue weighted by Crippen LogP contribution is -1.85. The van der Waals surface area contributed by atoms with E-state index in [9.17, 15) is 0 Å². The topological polar surface area (TPSA) is 41.6 Å². The molecule has 0 aliphatic rings. The lowest BCUT2D eigenvalue weighted by atomic mass is 10.1. The molecule has 3 aromatic rings. The van der Waals surface area contributed by atoms with E-state index < -0.39 is 0 Å². The minimum Gasteiger partial charge on any atom is -0.344 e. The second-order valence-electron chi connectivity index (χ2n) is 3.26. The van der Waals surface area contributed by atoms with Crippen molar-refractivity contribution in [3.63, 3.8) is 0 Å². The molecule has 1 N–H and O–H groups in total. The summed E-state index contributed by atoms with van der Waals surface area (Å²) in [5, 5.41) is 1.12. The zero-order valence-corrected chi connectivity index (χ0v) is 7.94. The zero-order valence-electron chi connectivity index (χ0n) is 7.94. The Balaban J connectivity index is 2.36. The molecule has 3 rings (SSSR count). The van der Waals surface area contributed by atoms with Crippen LogP contribution in [0.1, 0.15) is 0 Å². The molecule has 2 heterocycles. The van der Waals surface area contributed by atoms with Crippen LogP contribution in [0.4, 0.5) is 0 Å². The van der Waals surface area contributed by atoms with E-state index >= 15 is 0 Å². The molecule has 0 spiro atoms. The number of imidazole rings is 1. The number of hydrogen-bond acceptors (Lipinski definition) is 2. The van der Waals surface area contributed by atoms with Crippen molar-refractivity contribution in [2.75, 3.05) is 0 Å². The van der Waals surface area contributed by atoms with Crippen molar-refractivity contribution in [3.05, 3.63) is 48.9 Å². The summed E-state index contributed by atoms with van der Waals surface area (Å²) >= 11 is 0. The first-order valence-corrected chi connectivity index (χ1v) is 4.71. The number of nitrogens with one attached hydrogen (secondary N) is 1. The van der Waals surface area contributed by atoms with Gasteiger partial charge >= 0.3 is 0 Å². The van der Waals surface area contributed by atoms with Gasteiger partial charge in [0.05, 0.1) is 5.52 Å². The first-order chi connectivity index (χ1) is 7.45. The molecule has 0 aliphatic carbocycles. The Hall–Kier alpha value is -2.16. The number of para-hydroxylation sites is 1. The summed E-state index contributed by atoms with van der Waals surface area (Å²) in [5.74, 6) is 0.805. The van der Waals surface area contributed by atoms with Crippen LogP contribution >= 0.6 is 0 Å². The average molecular weight is 194 g/mol. The normalized spacial score (nSPS) is 10.7. The molecule has 15 heavy (non-hydrogen) atoms. The maximum atomic E-state index is 4.36. The van der Waals surface area contributed by atoms with Crippen LogP contribution in [0.2, 0.25) is 0 Å². The van der Waals surface area contributed by atoms with Crippen molar-refractivity contribution in [2.45, 2.75) is 0 Å². The maximum Gasteiger partial charge on any atom is 0.140 e. The van der Waals surface area contributed by atoms with E-state index in [0.29, 0.717) is 0 Å². The summed E-state index contributed by atoms with van der Waals surface area (Å²) in [6, 6.07) is 10.0. The second-order valence-corrected chi connectivity index (χ2v) is 3.26. The Morgan fingerprint density at radius 2 is 2.07 bits per heavy atom. The van der Waals surface area contributed by atoms with Crippen LogP contribution in [0.15, 0.2) is 42.7 Å². The lowest BCUT2D eigenvalue weighted by molar-refractivity contribution is 1.30. The monoisotopic (exact) mass is 194 g/mol. The van der Waals surface area contributed by atoms with Crippen molar-refractivity contribution in [1.29, 1.82) is 0 Å². The van der Waals surface area contributed by atoms with E-state index in [1.54, 1.807) is 12.4 Å². The van der Waals surface area contributed by atoms with Crippen LogP contribution in [0.25, 0.3) is 22.3 Å². The number of rotatable bonds is 1. The number of pyridine rings is 1. The third kappa shape index (κ3) is 1.29. The SMILES string of the molecule is [c]1c[nH]c(-c2cccc3cccnc23)n1. The molecule has 3 nitrogen and oxygen atoms in total. The first-order valence-electron chi connectivity index (χ1n) is 4.71. The molecular weight excluding hydrogens is 186 g/mol. The van der Waals surface area contributed by atoms with Gasteiger partial charge in [0.25, 0.3) is 0 Å². The minimum absolute atomic E-state index is 0.805. The smallest absolute Gasteiger partial charge is 0.140 e. The molecule has 0 amide bonds. The van der Waals surface area contributed by atoms with E-state index in [1.807, 2.05) is 30.3 Å². The molecule has 0 fully saturated rings. The number of benzene rings is 1. The van der Waals surface area contributed by atoms with Gasteiger partial charge in [0.1, 0.15) is 12.0 Å². The quantitative estimate of drug-likeness (QED) is 0.646. The highest BCUT2D eigenvalue weighted by Crippen LogP contribution is 2.23. The standard InChI is InChI=1S/C12H8N3/c1-3-9-4-2-6-13-11(9)10(5-1)12-14-7-8-15-12/h1-7H,(H,14,15).